The molecule has 4 nitrogen and oxygen atoms in total. The van der Waals surface area contributed by atoms with Gasteiger partial charge in [0.05, 0.1) is 13.2 Å². The van der Waals surface area contributed by atoms with E-state index in [2.05, 4.69) is 19.2 Å². The molecule has 0 aromatic rings. The minimum Gasteiger partial charge on any atom is -0.468 e. The molecule has 2 unspecified atom stereocenters. The Kier molecular flexibility index (Phi) is 11.1. The third-order valence-corrected chi connectivity index (χ3v) is 3.11. The van der Waals surface area contributed by atoms with Crippen LogP contribution in [0.1, 0.15) is 52.4 Å². The minimum absolute atomic E-state index is 0.225. The second kappa shape index (κ2) is 11.5. The molecule has 1 N–H and O–H groups in total. The quantitative estimate of drug-likeness (QED) is 0.457. The summed E-state index contributed by atoms with van der Waals surface area (Å²) in [5, 5.41) is 2.93. The van der Waals surface area contributed by atoms with Crippen LogP contribution in [0.4, 0.5) is 0 Å². The van der Waals surface area contributed by atoms with E-state index in [0.29, 0.717) is 13.0 Å². The van der Waals surface area contributed by atoms with Crippen LogP contribution < -0.4 is 5.32 Å². The number of hydrogen-bond donors (Lipinski definition) is 1. The lowest BCUT2D eigenvalue weighted by Gasteiger charge is -2.16. The number of likely N-dealkylation sites (N-methyl/N-ethyl adjacent to an activating group) is 1. The van der Waals surface area contributed by atoms with Crippen molar-refractivity contribution >= 4 is 5.97 Å². The Morgan fingerprint density at radius 2 is 1.94 bits per heavy atom. The van der Waals surface area contributed by atoms with E-state index in [9.17, 15) is 4.79 Å². The lowest BCUT2D eigenvalue weighted by molar-refractivity contribution is -0.143. The fourth-order valence-electron chi connectivity index (χ4n) is 1.85. The van der Waals surface area contributed by atoms with Gasteiger partial charge in [0.25, 0.3) is 0 Å². The second-order valence-corrected chi connectivity index (χ2v) is 4.68. The molecule has 18 heavy (non-hydrogen) atoms. The molecular weight excluding hydrogens is 230 g/mol. The molecule has 0 saturated carbocycles. The highest BCUT2D eigenvalue weighted by atomic mass is 16.5. The van der Waals surface area contributed by atoms with E-state index < -0.39 is 0 Å². The third-order valence-electron chi connectivity index (χ3n) is 3.11. The van der Waals surface area contributed by atoms with Crippen LogP contribution in [0, 0.1) is 0 Å². The van der Waals surface area contributed by atoms with Gasteiger partial charge in [-0.3, -0.25) is 4.79 Å². The van der Waals surface area contributed by atoms with Crippen LogP contribution in [0.15, 0.2) is 0 Å². The summed E-state index contributed by atoms with van der Waals surface area (Å²) in [5.74, 6) is -0.225. The Bertz CT molecular complexity index is 209. The lowest BCUT2D eigenvalue weighted by atomic mass is 10.1. The number of methoxy groups -OCH3 is 1. The largest absolute Gasteiger partial charge is 0.468 e. The molecule has 0 aromatic heterocycles. The number of hydrogen-bond acceptors (Lipinski definition) is 4. The van der Waals surface area contributed by atoms with Crippen molar-refractivity contribution in [2.24, 2.45) is 0 Å². The van der Waals surface area contributed by atoms with Gasteiger partial charge in [0.2, 0.25) is 0 Å². The maximum atomic E-state index is 11.3. The summed E-state index contributed by atoms with van der Waals surface area (Å²) in [6, 6.07) is -0.262. The van der Waals surface area contributed by atoms with Gasteiger partial charge in [-0.05, 0) is 26.8 Å². The molecule has 0 saturated heterocycles. The first-order chi connectivity index (χ1) is 8.65. The number of ether oxygens (including phenoxy) is 2. The van der Waals surface area contributed by atoms with Crippen LogP contribution in [-0.4, -0.2) is 38.9 Å². The maximum Gasteiger partial charge on any atom is 0.322 e. The van der Waals surface area contributed by atoms with Crippen molar-refractivity contribution in [3.05, 3.63) is 0 Å². The van der Waals surface area contributed by atoms with Gasteiger partial charge >= 0.3 is 5.97 Å². The maximum absolute atomic E-state index is 11.3. The van der Waals surface area contributed by atoms with Crippen LogP contribution in [-0.2, 0) is 14.3 Å². The zero-order valence-corrected chi connectivity index (χ0v) is 12.3. The second-order valence-electron chi connectivity index (χ2n) is 4.68. The summed E-state index contributed by atoms with van der Waals surface area (Å²) in [4.78, 5) is 11.3. The average Bonchev–Trinajstić information content (AvgIpc) is 2.39. The van der Waals surface area contributed by atoms with Crippen LogP contribution in [0.5, 0.6) is 0 Å². The molecular formula is C14H29NO3. The molecule has 0 aliphatic carbocycles. The SMILES string of the molecule is CCCCCCC(C)OCCC(NC)C(=O)OC. The van der Waals surface area contributed by atoms with Gasteiger partial charge in [-0.25, -0.2) is 0 Å². The Morgan fingerprint density at radius 3 is 2.50 bits per heavy atom. The monoisotopic (exact) mass is 259 g/mol. The van der Waals surface area contributed by atoms with Gasteiger partial charge in [0.15, 0.2) is 0 Å². The van der Waals surface area contributed by atoms with E-state index in [4.69, 9.17) is 9.47 Å². The molecule has 2 atom stereocenters. The first-order valence-corrected chi connectivity index (χ1v) is 7.02. The van der Waals surface area contributed by atoms with Gasteiger partial charge in [-0.1, -0.05) is 32.6 Å². The summed E-state index contributed by atoms with van der Waals surface area (Å²) in [6.07, 6.45) is 7.10. The zero-order chi connectivity index (χ0) is 13.8. The molecule has 4 heteroatoms. The summed E-state index contributed by atoms with van der Waals surface area (Å²) in [7, 11) is 3.17. The van der Waals surface area contributed by atoms with E-state index >= 15 is 0 Å². The fourth-order valence-corrected chi connectivity index (χ4v) is 1.85. The summed E-state index contributed by atoms with van der Waals surface area (Å²) in [5.41, 5.74) is 0. The first kappa shape index (κ1) is 17.4. The highest BCUT2D eigenvalue weighted by Crippen LogP contribution is 2.08. The van der Waals surface area contributed by atoms with E-state index in [1.54, 1.807) is 7.05 Å². The molecule has 0 heterocycles. The van der Waals surface area contributed by atoms with E-state index in [-0.39, 0.29) is 18.1 Å². The van der Waals surface area contributed by atoms with Crippen molar-refractivity contribution in [3.8, 4) is 0 Å². The Morgan fingerprint density at radius 1 is 1.22 bits per heavy atom. The van der Waals surface area contributed by atoms with Crippen LogP contribution in [0.2, 0.25) is 0 Å². The number of esters is 1. The van der Waals surface area contributed by atoms with E-state index in [1.807, 2.05) is 0 Å². The molecule has 108 valence electrons. The topological polar surface area (TPSA) is 47.6 Å². The summed E-state index contributed by atoms with van der Waals surface area (Å²) in [6.45, 7) is 4.90. The highest BCUT2D eigenvalue weighted by molar-refractivity contribution is 5.75. The van der Waals surface area contributed by atoms with Crippen molar-refractivity contribution in [2.45, 2.75) is 64.5 Å². The lowest BCUT2D eigenvalue weighted by Crippen LogP contribution is -2.36. The average molecular weight is 259 g/mol. The first-order valence-electron chi connectivity index (χ1n) is 7.02. The van der Waals surface area contributed by atoms with E-state index in [1.165, 1.54) is 32.8 Å². The molecule has 0 radical (unpaired) electrons. The minimum atomic E-state index is -0.262. The van der Waals surface area contributed by atoms with Gasteiger partial charge < -0.3 is 14.8 Å². The van der Waals surface area contributed by atoms with Crippen molar-refractivity contribution in [1.82, 2.24) is 5.32 Å². The fraction of sp³-hybridized carbons (Fsp3) is 0.929. The van der Waals surface area contributed by atoms with Crippen molar-refractivity contribution in [2.75, 3.05) is 20.8 Å². The standard InChI is InChI=1S/C14H29NO3/c1-5-6-7-8-9-12(2)18-11-10-13(15-3)14(16)17-4/h12-13,15H,5-11H2,1-4H3. The summed E-state index contributed by atoms with van der Waals surface area (Å²) >= 11 is 0. The third kappa shape index (κ3) is 8.48. The number of rotatable bonds is 11. The molecule has 0 bridgehead atoms. The summed E-state index contributed by atoms with van der Waals surface area (Å²) < 4.78 is 10.4. The van der Waals surface area contributed by atoms with E-state index in [0.717, 1.165) is 6.42 Å². The van der Waals surface area contributed by atoms with Crippen molar-refractivity contribution in [1.29, 1.82) is 0 Å². The molecule has 0 spiro atoms. The van der Waals surface area contributed by atoms with Gasteiger partial charge in [0, 0.05) is 6.61 Å². The van der Waals surface area contributed by atoms with Crippen LogP contribution >= 0.6 is 0 Å². The number of carbonyl (C=O) groups is 1. The molecule has 0 amide bonds. The zero-order valence-electron chi connectivity index (χ0n) is 12.3. The predicted molar refractivity (Wildman–Crippen MR) is 73.7 cm³/mol. The smallest absolute Gasteiger partial charge is 0.322 e. The molecule has 0 aliphatic heterocycles. The molecule has 0 fully saturated rings. The van der Waals surface area contributed by atoms with Gasteiger partial charge in [0.1, 0.15) is 6.04 Å². The van der Waals surface area contributed by atoms with Crippen LogP contribution in [0.3, 0.4) is 0 Å². The number of carbonyl (C=O) groups excluding carboxylic acids is 1. The Balaban J connectivity index is 3.59. The molecule has 0 aliphatic rings. The Labute approximate surface area is 111 Å². The number of nitrogens with one attached hydrogen (secondary N) is 1. The van der Waals surface area contributed by atoms with Gasteiger partial charge in [-0.15, -0.1) is 0 Å². The predicted octanol–water partition coefficient (Wildman–Crippen LogP) is 2.51. The van der Waals surface area contributed by atoms with Crippen molar-refractivity contribution < 1.29 is 14.3 Å². The normalized spacial score (nSPS) is 14.2. The van der Waals surface area contributed by atoms with Crippen molar-refractivity contribution in [3.63, 3.8) is 0 Å². The molecule has 0 rings (SSSR count). The Hall–Kier alpha value is -0.610. The highest BCUT2D eigenvalue weighted by Gasteiger charge is 2.16. The van der Waals surface area contributed by atoms with Crippen LogP contribution in [0.25, 0.3) is 0 Å². The molecule has 0 aromatic carbocycles. The van der Waals surface area contributed by atoms with Gasteiger partial charge in [-0.2, -0.15) is 0 Å². The number of unbranched alkanes of at least 4 members (excludes halogenated alkanes) is 3.